The van der Waals surface area contributed by atoms with Crippen molar-refractivity contribution >= 4 is 23.2 Å². The van der Waals surface area contributed by atoms with Gasteiger partial charge in [0.05, 0.1) is 0 Å². The summed E-state index contributed by atoms with van der Waals surface area (Å²) >= 11 is 0. The molecule has 0 aromatic heterocycles. The molecule has 2 aromatic carbocycles. The van der Waals surface area contributed by atoms with Crippen molar-refractivity contribution in [2.45, 2.75) is 26.2 Å². The highest BCUT2D eigenvalue weighted by Crippen LogP contribution is 2.28. The number of ether oxygens (including phenoxy) is 1. The molecule has 0 bridgehead atoms. The fourth-order valence-corrected chi connectivity index (χ4v) is 3.26. The summed E-state index contributed by atoms with van der Waals surface area (Å²) in [4.78, 5) is 27.1. The van der Waals surface area contributed by atoms with Crippen LogP contribution < -0.4 is 20.7 Å². The van der Waals surface area contributed by atoms with Gasteiger partial charge >= 0.3 is 0 Å². The Kier molecular flexibility index (Phi) is 6.31. The van der Waals surface area contributed by atoms with Crippen LogP contribution in [0.25, 0.3) is 0 Å². The standard InChI is InChI=1S/C22H27N3O3/c1-15(2)16-3-7-18(8-4-16)25-13-11-20(22(25)27)21(26)24-17-5-9-19(10-6-17)28-14-12-23/h3-10,15,20H,11-14,23H2,1-2H3,(H,24,26). The van der Waals surface area contributed by atoms with Gasteiger partial charge in [0, 0.05) is 24.5 Å². The summed E-state index contributed by atoms with van der Waals surface area (Å²) in [6.45, 7) is 5.69. The number of carbonyl (C=O) groups excluding carboxylic acids is 2. The molecule has 148 valence electrons. The molecule has 1 aliphatic heterocycles. The van der Waals surface area contributed by atoms with Gasteiger partial charge in [-0.05, 0) is 54.3 Å². The van der Waals surface area contributed by atoms with Crippen molar-refractivity contribution in [2.75, 3.05) is 29.9 Å². The molecule has 2 aromatic rings. The number of nitrogens with one attached hydrogen (secondary N) is 1. The molecular formula is C22H27N3O3. The Morgan fingerprint density at radius 2 is 1.86 bits per heavy atom. The van der Waals surface area contributed by atoms with Gasteiger partial charge < -0.3 is 20.7 Å². The third kappa shape index (κ3) is 4.51. The minimum atomic E-state index is -0.669. The number of amides is 2. The lowest BCUT2D eigenvalue weighted by Crippen LogP contribution is -2.33. The number of carbonyl (C=O) groups is 2. The zero-order chi connectivity index (χ0) is 20.1. The molecule has 1 aliphatic rings. The van der Waals surface area contributed by atoms with E-state index in [0.29, 0.717) is 43.5 Å². The maximum absolute atomic E-state index is 12.8. The maximum Gasteiger partial charge on any atom is 0.239 e. The molecule has 1 heterocycles. The summed E-state index contributed by atoms with van der Waals surface area (Å²) < 4.78 is 5.42. The van der Waals surface area contributed by atoms with Crippen LogP contribution in [0.1, 0.15) is 31.7 Å². The van der Waals surface area contributed by atoms with E-state index in [4.69, 9.17) is 10.5 Å². The summed E-state index contributed by atoms with van der Waals surface area (Å²) in [5.74, 6) is 0.0305. The van der Waals surface area contributed by atoms with Crippen LogP contribution >= 0.6 is 0 Å². The third-order valence-corrected chi connectivity index (χ3v) is 4.90. The van der Waals surface area contributed by atoms with Crippen molar-refractivity contribution < 1.29 is 14.3 Å². The van der Waals surface area contributed by atoms with E-state index in [9.17, 15) is 9.59 Å². The van der Waals surface area contributed by atoms with Gasteiger partial charge in [-0.15, -0.1) is 0 Å². The molecular weight excluding hydrogens is 354 g/mol. The number of rotatable bonds is 7. The Morgan fingerprint density at radius 1 is 1.18 bits per heavy atom. The Labute approximate surface area is 165 Å². The number of nitrogens with zero attached hydrogens (tertiary/aromatic N) is 1. The van der Waals surface area contributed by atoms with Crippen molar-refractivity contribution in [3.63, 3.8) is 0 Å². The SMILES string of the molecule is CC(C)c1ccc(N2CCC(C(=O)Nc3ccc(OCCN)cc3)C2=O)cc1. The van der Waals surface area contributed by atoms with Crippen LogP contribution in [0.5, 0.6) is 5.75 Å². The van der Waals surface area contributed by atoms with Crippen LogP contribution in [0.2, 0.25) is 0 Å². The second kappa shape index (κ2) is 8.89. The van der Waals surface area contributed by atoms with Gasteiger partial charge in [0.1, 0.15) is 18.3 Å². The molecule has 0 aliphatic carbocycles. The van der Waals surface area contributed by atoms with Gasteiger partial charge in [-0.3, -0.25) is 9.59 Å². The van der Waals surface area contributed by atoms with E-state index >= 15 is 0 Å². The number of hydrogen-bond donors (Lipinski definition) is 2. The predicted octanol–water partition coefficient (Wildman–Crippen LogP) is 3.14. The molecule has 6 nitrogen and oxygen atoms in total. The first-order valence-corrected chi connectivity index (χ1v) is 9.64. The summed E-state index contributed by atoms with van der Waals surface area (Å²) in [6, 6.07) is 15.0. The third-order valence-electron chi connectivity index (χ3n) is 4.90. The number of hydrogen-bond acceptors (Lipinski definition) is 4. The van der Waals surface area contributed by atoms with Crippen molar-refractivity contribution in [2.24, 2.45) is 11.7 Å². The molecule has 0 radical (unpaired) electrons. The quantitative estimate of drug-likeness (QED) is 0.722. The van der Waals surface area contributed by atoms with Crippen molar-refractivity contribution in [3.8, 4) is 5.75 Å². The first-order chi connectivity index (χ1) is 13.5. The first kappa shape index (κ1) is 19.9. The average Bonchev–Trinajstić information content (AvgIpc) is 3.09. The fraction of sp³-hybridized carbons (Fsp3) is 0.364. The second-order valence-electron chi connectivity index (χ2n) is 7.23. The Bertz CT molecular complexity index is 816. The van der Waals surface area contributed by atoms with E-state index in [1.165, 1.54) is 5.56 Å². The minimum absolute atomic E-state index is 0.155. The number of anilines is 2. The first-order valence-electron chi connectivity index (χ1n) is 9.64. The van der Waals surface area contributed by atoms with Crippen LogP contribution in [-0.2, 0) is 9.59 Å². The van der Waals surface area contributed by atoms with Gasteiger partial charge in [-0.2, -0.15) is 0 Å². The van der Waals surface area contributed by atoms with E-state index in [0.717, 1.165) is 5.69 Å². The van der Waals surface area contributed by atoms with Crippen LogP contribution in [0.4, 0.5) is 11.4 Å². The molecule has 1 saturated heterocycles. The topological polar surface area (TPSA) is 84.7 Å². The van der Waals surface area contributed by atoms with Crippen LogP contribution in [0.15, 0.2) is 48.5 Å². The molecule has 28 heavy (non-hydrogen) atoms. The molecule has 3 N–H and O–H groups in total. The molecule has 0 saturated carbocycles. The van der Waals surface area contributed by atoms with E-state index in [1.54, 1.807) is 29.2 Å². The summed E-state index contributed by atoms with van der Waals surface area (Å²) in [7, 11) is 0. The van der Waals surface area contributed by atoms with Gasteiger partial charge in [0.25, 0.3) is 0 Å². The van der Waals surface area contributed by atoms with Crippen LogP contribution in [0, 0.1) is 5.92 Å². The summed E-state index contributed by atoms with van der Waals surface area (Å²) in [5, 5.41) is 2.83. The van der Waals surface area contributed by atoms with Crippen molar-refractivity contribution in [1.29, 1.82) is 0 Å². The highest BCUT2D eigenvalue weighted by molar-refractivity contribution is 6.13. The highest BCUT2D eigenvalue weighted by atomic mass is 16.5. The lowest BCUT2D eigenvalue weighted by atomic mass is 10.0. The molecule has 1 fully saturated rings. The normalized spacial score (nSPS) is 16.5. The summed E-state index contributed by atoms with van der Waals surface area (Å²) in [5.41, 5.74) is 8.11. The Balaban J connectivity index is 1.61. The second-order valence-corrected chi connectivity index (χ2v) is 7.23. The number of nitrogens with two attached hydrogens (primary N) is 1. The minimum Gasteiger partial charge on any atom is -0.492 e. The average molecular weight is 381 g/mol. The summed E-state index contributed by atoms with van der Waals surface area (Å²) in [6.07, 6.45) is 0.508. The van der Waals surface area contributed by atoms with Gasteiger partial charge in [-0.1, -0.05) is 26.0 Å². The smallest absolute Gasteiger partial charge is 0.239 e. The van der Waals surface area contributed by atoms with Crippen LogP contribution in [-0.4, -0.2) is 31.5 Å². The molecule has 1 unspecified atom stereocenters. The maximum atomic E-state index is 12.8. The lowest BCUT2D eigenvalue weighted by molar-refractivity contribution is -0.129. The van der Waals surface area contributed by atoms with E-state index in [-0.39, 0.29) is 11.8 Å². The Morgan fingerprint density at radius 3 is 2.46 bits per heavy atom. The van der Waals surface area contributed by atoms with Gasteiger partial charge in [-0.25, -0.2) is 0 Å². The van der Waals surface area contributed by atoms with Gasteiger partial charge in [0.15, 0.2) is 0 Å². The fourth-order valence-electron chi connectivity index (χ4n) is 3.26. The van der Waals surface area contributed by atoms with Crippen molar-refractivity contribution in [3.05, 3.63) is 54.1 Å². The van der Waals surface area contributed by atoms with E-state index in [1.807, 2.05) is 24.3 Å². The van der Waals surface area contributed by atoms with E-state index < -0.39 is 5.92 Å². The highest BCUT2D eigenvalue weighted by Gasteiger charge is 2.37. The zero-order valence-electron chi connectivity index (χ0n) is 16.4. The molecule has 6 heteroatoms. The van der Waals surface area contributed by atoms with E-state index in [2.05, 4.69) is 19.2 Å². The lowest BCUT2D eigenvalue weighted by Gasteiger charge is -2.18. The molecule has 3 rings (SSSR count). The monoisotopic (exact) mass is 381 g/mol. The predicted molar refractivity (Wildman–Crippen MR) is 111 cm³/mol. The molecule has 1 atom stereocenters. The number of benzene rings is 2. The molecule has 0 spiro atoms. The van der Waals surface area contributed by atoms with Crippen LogP contribution in [0.3, 0.4) is 0 Å². The Hall–Kier alpha value is -2.86. The zero-order valence-corrected chi connectivity index (χ0v) is 16.4. The largest absolute Gasteiger partial charge is 0.492 e. The van der Waals surface area contributed by atoms with Crippen molar-refractivity contribution in [1.82, 2.24) is 0 Å². The van der Waals surface area contributed by atoms with Gasteiger partial charge in [0.2, 0.25) is 11.8 Å². The molecule has 2 amide bonds.